The van der Waals surface area contributed by atoms with Gasteiger partial charge in [-0.15, -0.1) is 0 Å². The minimum atomic E-state index is -0.0330. The molecule has 1 aromatic heterocycles. The van der Waals surface area contributed by atoms with E-state index >= 15 is 0 Å². The highest BCUT2D eigenvalue weighted by atomic mass is 35.5. The Morgan fingerprint density at radius 2 is 1.91 bits per heavy atom. The van der Waals surface area contributed by atoms with Gasteiger partial charge in [0.1, 0.15) is 0 Å². The minimum absolute atomic E-state index is 0.0330. The van der Waals surface area contributed by atoms with Crippen molar-refractivity contribution in [3.63, 3.8) is 0 Å². The number of nitrogens with zero attached hydrogens (tertiary/aromatic N) is 3. The topological polar surface area (TPSA) is 54.2 Å². The molecule has 124 valence electrons. The number of hydrogen-bond donors (Lipinski definition) is 2. The SMILES string of the molecule is CN=C(NCc1ccnn1C)NCC(C)(C)c1ccc(Cl)cc1. The molecule has 5 nitrogen and oxygen atoms in total. The maximum absolute atomic E-state index is 5.96. The van der Waals surface area contributed by atoms with Gasteiger partial charge in [0, 0.05) is 37.3 Å². The summed E-state index contributed by atoms with van der Waals surface area (Å²) in [5.74, 6) is 0.772. The van der Waals surface area contributed by atoms with Crippen molar-refractivity contribution >= 4 is 17.6 Å². The van der Waals surface area contributed by atoms with Crippen molar-refractivity contribution in [2.24, 2.45) is 12.0 Å². The molecule has 1 aromatic carbocycles. The molecule has 0 aliphatic heterocycles. The molecule has 0 radical (unpaired) electrons. The second kappa shape index (κ2) is 7.51. The normalized spacial score (nSPS) is 12.3. The van der Waals surface area contributed by atoms with E-state index in [0.717, 1.165) is 23.2 Å². The molecule has 0 saturated carbocycles. The van der Waals surface area contributed by atoms with E-state index < -0.39 is 0 Å². The Balaban J connectivity index is 1.91. The van der Waals surface area contributed by atoms with Crippen LogP contribution in [0.4, 0.5) is 0 Å². The molecular weight excluding hydrogens is 310 g/mol. The molecule has 0 saturated heterocycles. The zero-order chi connectivity index (χ0) is 16.9. The van der Waals surface area contributed by atoms with Crippen molar-refractivity contribution in [3.05, 3.63) is 52.8 Å². The third-order valence-electron chi connectivity index (χ3n) is 3.91. The zero-order valence-corrected chi connectivity index (χ0v) is 14.9. The van der Waals surface area contributed by atoms with Crippen molar-refractivity contribution < 1.29 is 0 Å². The van der Waals surface area contributed by atoms with Gasteiger partial charge in [-0.05, 0) is 23.8 Å². The van der Waals surface area contributed by atoms with Crippen LogP contribution in [0.15, 0.2) is 41.5 Å². The average molecular weight is 334 g/mol. The molecule has 0 amide bonds. The largest absolute Gasteiger partial charge is 0.356 e. The summed E-state index contributed by atoms with van der Waals surface area (Å²) in [6, 6.07) is 9.96. The van der Waals surface area contributed by atoms with Gasteiger partial charge >= 0.3 is 0 Å². The highest BCUT2D eigenvalue weighted by Gasteiger charge is 2.20. The van der Waals surface area contributed by atoms with Gasteiger partial charge in [-0.25, -0.2) is 0 Å². The van der Waals surface area contributed by atoms with Gasteiger partial charge in [-0.3, -0.25) is 9.67 Å². The summed E-state index contributed by atoms with van der Waals surface area (Å²) in [6.45, 7) is 5.83. The first-order valence-corrected chi connectivity index (χ1v) is 7.97. The summed E-state index contributed by atoms with van der Waals surface area (Å²) < 4.78 is 1.85. The van der Waals surface area contributed by atoms with Crippen molar-refractivity contribution in [1.29, 1.82) is 0 Å². The molecule has 23 heavy (non-hydrogen) atoms. The summed E-state index contributed by atoms with van der Waals surface area (Å²) in [4.78, 5) is 4.27. The lowest BCUT2D eigenvalue weighted by Crippen LogP contribution is -2.43. The summed E-state index contributed by atoms with van der Waals surface area (Å²) >= 11 is 5.96. The van der Waals surface area contributed by atoms with Gasteiger partial charge in [-0.2, -0.15) is 5.10 Å². The van der Waals surface area contributed by atoms with Crippen LogP contribution in [-0.4, -0.2) is 29.3 Å². The number of benzene rings is 1. The first-order chi connectivity index (χ1) is 10.9. The fraction of sp³-hybridized carbons (Fsp3) is 0.412. The van der Waals surface area contributed by atoms with E-state index in [0.29, 0.717) is 6.54 Å². The predicted molar refractivity (Wildman–Crippen MR) is 95.9 cm³/mol. The van der Waals surface area contributed by atoms with Gasteiger partial charge in [0.15, 0.2) is 5.96 Å². The van der Waals surface area contributed by atoms with Crippen LogP contribution >= 0.6 is 11.6 Å². The molecule has 2 rings (SSSR count). The van der Waals surface area contributed by atoms with E-state index in [9.17, 15) is 0 Å². The molecule has 0 atom stereocenters. The number of rotatable bonds is 5. The van der Waals surface area contributed by atoms with E-state index in [1.807, 2.05) is 29.9 Å². The highest BCUT2D eigenvalue weighted by molar-refractivity contribution is 6.30. The molecule has 0 unspecified atom stereocenters. The number of aromatic nitrogens is 2. The predicted octanol–water partition coefficient (Wildman–Crippen LogP) is 2.72. The monoisotopic (exact) mass is 333 g/mol. The lowest BCUT2D eigenvalue weighted by atomic mass is 9.85. The highest BCUT2D eigenvalue weighted by Crippen LogP contribution is 2.23. The third kappa shape index (κ3) is 4.73. The minimum Gasteiger partial charge on any atom is -0.356 e. The Kier molecular flexibility index (Phi) is 5.66. The summed E-state index contributed by atoms with van der Waals surface area (Å²) in [5.41, 5.74) is 2.30. The molecule has 6 heteroatoms. The molecule has 0 aliphatic rings. The molecule has 2 aromatic rings. The number of nitrogens with one attached hydrogen (secondary N) is 2. The first-order valence-electron chi connectivity index (χ1n) is 7.60. The van der Waals surface area contributed by atoms with E-state index in [1.54, 1.807) is 13.2 Å². The third-order valence-corrected chi connectivity index (χ3v) is 4.16. The Morgan fingerprint density at radius 3 is 2.48 bits per heavy atom. The fourth-order valence-electron chi connectivity index (χ4n) is 2.28. The molecule has 0 fully saturated rings. The fourth-order valence-corrected chi connectivity index (χ4v) is 2.40. The lowest BCUT2D eigenvalue weighted by Gasteiger charge is -2.27. The number of hydrogen-bond acceptors (Lipinski definition) is 2. The molecule has 0 spiro atoms. The second-order valence-electron chi connectivity index (χ2n) is 6.12. The van der Waals surface area contributed by atoms with E-state index in [2.05, 4.69) is 46.7 Å². The number of aryl methyl sites for hydroxylation is 1. The van der Waals surface area contributed by atoms with Crippen molar-refractivity contribution in [2.45, 2.75) is 25.8 Å². The van der Waals surface area contributed by atoms with Gasteiger partial charge in [0.05, 0.1) is 12.2 Å². The molecule has 0 bridgehead atoms. The van der Waals surface area contributed by atoms with Crippen LogP contribution in [0.2, 0.25) is 5.02 Å². The van der Waals surface area contributed by atoms with Crippen LogP contribution in [0.25, 0.3) is 0 Å². The number of halogens is 1. The van der Waals surface area contributed by atoms with Gasteiger partial charge in [-0.1, -0.05) is 37.6 Å². The van der Waals surface area contributed by atoms with Crippen LogP contribution in [0, 0.1) is 0 Å². The van der Waals surface area contributed by atoms with Crippen LogP contribution < -0.4 is 10.6 Å². The first kappa shape index (κ1) is 17.3. The van der Waals surface area contributed by atoms with Crippen LogP contribution in [-0.2, 0) is 19.0 Å². The summed E-state index contributed by atoms with van der Waals surface area (Å²) in [6.07, 6.45) is 1.79. The maximum Gasteiger partial charge on any atom is 0.191 e. The van der Waals surface area contributed by atoms with Gasteiger partial charge < -0.3 is 10.6 Å². The number of guanidine groups is 1. The van der Waals surface area contributed by atoms with E-state index in [1.165, 1.54) is 5.56 Å². The molecule has 0 aliphatic carbocycles. The van der Waals surface area contributed by atoms with E-state index in [-0.39, 0.29) is 5.41 Å². The lowest BCUT2D eigenvalue weighted by molar-refractivity contribution is 0.508. The average Bonchev–Trinajstić information content (AvgIpc) is 2.93. The smallest absolute Gasteiger partial charge is 0.191 e. The second-order valence-corrected chi connectivity index (χ2v) is 6.55. The maximum atomic E-state index is 5.96. The molecular formula is C17H24ClN5. The molecule has 1 heterocycles. The quantitative estimate of drug-likeness (QED) is 0.653. The van der Waals surface area contributed by atoms with Gasteiger partial charge in [0.2, 0.25) is 0 Å². The Morgan fingerprint density at radius 1 is 1.22 bits per heavy atom. The van der Waals surface area contributed by atoms with Crippen molar-refractivity contribution in [2.75, 3.05) is 13.6 Å². The van der Waals surface area contributed by atoms with Crippen LogP contribution in [0.5, 0.6) is 0 Å². The summed E-state index contributed by atoms with van der Waals surface area (Å²) in [5, 5.41) is 11.6. The van der Waals surface area contributed by atoms with Crippen LogP contribution in [0.3, 0.4) is 0 Å². The Labute approximate surface area is 142 Å². The van der Waals surface area contributed by atoms with E-state index in [4.69, 9.17) is 11.6 Å². The summed E-state index contributed by atoms with van der Waals surface area (Å²) in [7, 11) is 3.70. The van der Waals surface area contributed by atoms with Crippen molar-refractivity contribution in [1.82, 2.24) is 20.4 Å². The van der Waals surface area contributed by atoms with Crippen LogP contribution in [0.1, 0.15) is 25.1 Å². The van der Waals surface area contributed by atoms with Gasteiger partial charge in [0.25, 0.3) is 0 Å². The Hall–Kier alpha value is -2.01. The molecule has 2 N–H and O–H groups in total. The standard InChI is InChI=1S/C17H24ClN5/c1-17(2,13-5-7-14(18)8-6-13)12-21-16(19-3)20-11-15-9-10-22-23(15)4/h5-10H,11-12H2,1-4H3,(H2,19,20,21). The number of aliphatic imine (C=N–C) groups is 1. The Bertz CT molecular complexity index is 658. The van der Waals surface area contributed by atoms with Crippen molar-refractivity contribution in [3.8, 4) is 0 Å². The zero-order valence-electron chi connectivity index (χ0n) is 14.1.